The molecule has 3 rings (SSSR count). The highest BCUT2D eigenvalue weighted by molar-refractivity contribution is 5.30. The summed E-state index contributed by atoms with van der Waals surface area (Å²) in [5.41, 5.74) is 7.29. The molecule has 3 N–H and O–H groups in total. The number of rotatable bonds is 4. The quantitative estimate of drug-likeness (QED) is 0.643. The van der Waals surface area contributed by atoms with E-state index in [2.05, 4.69) is 37.5 Å². The first kappa shape index (κ1) is 13.1. The molecule has 2 aliphatic rings. The zero-order valence-corrected chi connectivity index (χ0v) is 12.2. The van der Waals surface area contributed by atoms with E-state index in [-0.39, 0.29) is 0 Å². The van der Waals surface area contributed by atoms with Gasteiger partial charge in [-0.1, -0.05) is 31.0 Å². The summed E-state index contributed by atoms with van der Waals surface area (Å²) in [6, 6.07) is 7.29. The largest absolute Gasteiger partial charge is 0.271 e. The molecule has 19 heavy (non-hydrogen) atoms. The van der Waals surface area contributed by atoms with Gasteiger partial charge in [-0.3, -0.25) is 11.3 Å². The Morgan fingerprint density at radius 2 is 1.84 bits per heavy atom. The number of benzene rings is 1. The van der Waals surface area contributed by atoms with Gasteiger partial charge in [0.15, 0.2) is 0 Å². The highest BCUT2D eigenvalue weighted by Crippen LogP contribution is 2.57. The van der Waals surface area contributed by atoms with E-state index in [0.29, 0.717) is 6.04 Å². The van der Waals surface area contributed by atoms with E-state index < -0.39 is 0 Å². The van der Waals surface area contributed by atoms with Crippen LogP contribution in [-0.4, -0.2) is 6.04 Å². The second-order valence-electron chi connectivity index (χ2n) is 6.59. The molecule has 2 fully saturated rings. The van der Waals surface area contributed by atoms with Crippen LogP contribution in [0.3, 0.4) is 0 Å². The number of hydrogen-bond donors (Lipinski definition) is 2. The fraction of sp³-hybridized carbons (Fsp3) is 0.647. The third kappa shape index (κ3) is 2.56. The Morgan fingerprint density at radius 1 is 1.16 bits per heavy atom. The van der Waals surface area contributed by atoms with Crippen molar-refractivity contribution in [3.05, 3.63) is 34.9 Å². The Bertz CT molecular complexity index is 443. The molecule has 3 unspecified atom stereocenters. The number of fused-ring (bicyclic) bond motifs is 1. The maximum absolute atomic E-state index is 5.83. The summed E-state index contributed by atoms with van der Waals surface area (Å²) in [7, 11) is 0. The maximum Gasteiger partial charge on any atom is 0.0284 e. The van der Waals surface area contributed by atoms with Crippen molar-refractivity contribution in [2.24, 2.45) is 23.6 Å². The average molecular weight is 258 g/mol. The molecule has 2 saturated carbocycles. The smallest absolute Gasteiger partial charge is 0.0284 e. The Labute approximate surface area is 116 Å². The van der Waals surface area contributed by atoms with Crippen LogP contribution in [0.25, 0.3) is 0 Å². The molecule has 3 atom stereocenters. The molecule has 0 heterocycles. The van der Waals surface area contributed by atoms with Gasteiger partial charge in [-0.05, 0) is 67.6 Å². The van der Waals surface area contributed by atoms with Crippen LogP contribution in [0.5, 0.6) is 0 Å². The zero-order chi connectivity index (χ0) is 13.4. The van der Waals surface area contributed by atoms with Crippen molar-refractivity contribution >= 4 is 0 Å². The predicted molar refractivity (Wildman–Crippen MR) is 79.7 cm³/mol. The third-order valence-corrected chi connectivity index (χ3v) is 5.43. The van der Waals surface area contributed by atoms with E-state index >= 15 is 0 Å². The number of nitrogens with two attached hydrogens (primary N) is 1. The van der Waals surface area contributed by atoms with Gasteiger partial charge in [0.25, 0.3) is 0 Å². The summed E-state index contributed by atoms with van der Waals surface area (Å²) in [6.45, 7) is 4.37. The molecule has 2 nitrogen and oxygen atoms in total. The van der Waals surface area contributed by atoms with Crippen molar-refractivity contribution in [3.63, 3.8) is 0 Å². The molecular formula is C17H26N2. The number of hydrazine groups is 1. The van der Waals surface area contributed by atoms with Crippen molar-refractivity contribution in [1.82, 2.24) is 5.43 Å². The molecule has 0 spiro atoms. The molecule has 0 radical (unpaired) electrons. The van der Waals surface area contributed by atoms with Crippen molar-refractivity contribution in [2.45, 2.75) is 52.0 Å². The lowest BCUT2D eigenvalue weighted by Gasteiger charge is -2.17. The minimum absolute atomic E-state index is 0.468. The highest BCUT2D eigenvalue weighted by atomic mass is 15.2. The summed E-state index contributed by atoms with van der Waals surface area (Å²) < 4.78 is 0. The number of hydrogen-bond acceptors (Lipinski definition) is 2. The molecule has 104 valence electrons. The molecule has 0 bridgehead atoms. The summed E-state index contributed by atoms with van der Waals surface area (Å²) in [4.78, 5) is 0. The van der Waals surface area contributed by atoms with E-state index in [4.69, 9.17) is 5.84 Å². The lowest BCUT2D eigenvalue weighted by Crippen LogP contribution is -2.39. The first-order valence-corrected chi connectivity index (χ1v) is 7.73. The summed E-state index contributed by atoms with van der Waals surface area (Å²) in [6.07, 6.45) is 6.80. The van der Waals surface area contributed by atoms with Gasteiger partial charge in [0.1, 0.15) is 0 Å². The molecular weight excluding hydrogens is 232 g/mol. The van der Waals surface area contributed by atoms with Gasteiger partial charge in [0, 0.05) is 6.04 Å². The van der Waals surface area contributed by atoms with Crippen molar-refractivity contribution < 1.29 is 0 Å². The van der Waals surface area contributed by atoms with Crippen molar-refractivity contribution in [3.8, 4) is 0 Å². The minimum atomic E-state index is 0.468. The van der Waals surface area contributed by atoms with E-state index in [1.165, 1.54) is 42.4 Å². The van der Waals surface area contributed by atoms with E-state index in [0.717, 1.165) is 24.2 Å². The molecule has 2 aliphatic carbocycles. The predicted octanol–water partition coefficient (Wildman–Crippen LogP) is 3.11. The molecule has 2 heteroatoms. The fourth-order valence-corrected chi connectivity index (χ4v) is 4.14. The first-order chi connectivity index (χ1) is 9.20. The second kappa shape index (κ2) is 5.26. The van der Waals surface area contributed by atoms with Crippen molar-refractivity contribution in [1.29, 1.82) is 0 Å². The number of nitrogens with one attached hydrogen (secondary N) is 1. The fourth-order valence-electron chi connectivity index (χ4n) is 4.14. The Hall–Kier alpha value is -0.860. The van der Waals surface area contributed by atoms with Gasteiger partial charge in [0.05, 0.1) is 0 Å². The van der Waals surface area contributed by atoms with Crippen molar-refractivity contribution in [2.75, 3.05) is 0 Å². The molecule has 0 aliphatic heterocycles. The van der Waals surface area contributed by atoms with Crippen LogP contribution in [0, 0.1) is 31.6 Å². The van der Waals surface area contributed by atoms with Crippen LogP contribution in [0.1, 0.15) is 42.4 Å². The van der Waals surface area contributed by atoms with Gasteiger partial charge in [-0.15, -0.1) is 0 Å². The van der Waals surface area contributed by atoms with Gasteiger partial charge in [0.2, 0.25) is 0 Å². The molecule has 1 aromatic carbocycles. The summed E-state index contributed by atoms with van der Waals surface area (Å²) in [5, 5.41) is 0. The average Bonchev–Trinajstić information content (AvgIpc) is 3.14. The maximum atomic E-state index is 5.83. The van der Waals surface area contributed by atoms with E-state index in [1.807, 2.05) is 0 Å². The van der Waals surface area contributed by atoms with Crippen LogP contribution in [-0.2, 0) is 6.42 Å². The van der Waals surface area contributed by atoms with Crippen LogP contribution in [0.2, 0.25) is 0 Å². The van der Waals surface area contributed by atoms with Gasteiger partial charge < -0.3 is 0 Å². The normalized spacial score (nSPS) is 30.8. The lowest BCUT2D eigenvalue weighted by atomic mass is 9.97. The standard InChI is InChI=1S/C17H26N2/c1-11-7-8-13(9-12(11)2)10-16(19-18)17-14-5-3-4-6-15(14)17/h7-9,14-17,19H,3-6,10,18H2,1-2H3. The van der Waals surface area contributed by atoms with E-state index in [1.54, 1.807) is 0 Å². The molecule has 0 saturated heterocycles. The van der Waals surface area contributed by atoms with Gasteiger partial charge in [-0.2, -0.15) is 0 Å². The topological polar surface area (TPSA) is 38.0 Å². The van der Waals surface area contributed by atoms with Gasteiger partial charge >= 0.3 is 0 Å². The first-order valence-electron chi connectivity index (χ1n) is 7.73. The van der Waals surface area contributed by atoms with E-state index in [9.17, 15) is 0 Å². The number of aryl methyl sites for hydroxylation is 2. The van der Waals surface area contributed by atoms with Crippen LogP contribution < -0.4 is 11.3 Å². The third-order valence-electron chi connectivity index (χ3n) is 5.43. The summed E-state index contributed by atoms with van der Waals surface area (Å²) in [5.74, 6) is 8.58. The monoisotopic (exact) mass is 258 g/mol. The van der Waals surface area contributed by atoms with Gasteiger partial charge in [-0.25, -0.2) is 0 Å². The Balaban J connectivity index is 1.68. The van der Waals surface area contributed by atoms with Crippen LogP contribution in [0.15, 0.2) is 18.2 Å². The zero-order valence-electron chi connectivity index (χ0n) is 12.2. The molecule has 0 aromatic heterocycles. The molecule has 0 amide bonds. The Morgan fingerprint density at radius 3 is 2.42 bits per heavy atom. The highest BCUT2D eigenvalue weighted by Gasteiger charge is 2.53. The SMILES string of the molecule is Cc1ccc(CC(NN)C2C3CCCCC32)cc1C. The minimum Gasteiger partial charge on any atom is -0.271 e. The van der Waals surface area contributed by atoms with Crippen LogP contribution in [0.4, 0.5) is 0 Å². The summed E-state index contributed by atoms with van der Waals surface area (Å²) >= 11 is 0. The second-order valence-corrected chi connectivity index (χ2v) is 6.59. The molecule has 1 aromatic rings. The lowest BCUT2D eigenvalue weighted by molar-refractivity contribution is 0.437. The Kier molecular flexibility index (Phi) is 3.64. The van der Waals surface area contributed by atoms with Crippen LogP contribution >= 0.6 is 0 Å².